The number of non-ortho nitro benzene ring substituents is 1. The van der Waals surface area contributed by atoms with Gasteiger partial charge in [0.2, 0.25) is 0 Å². The maximum atomic E-state index is 13.1. The lowest BCUT2D eigenvalue weighted by Gasteiger charge is -2.19. The summed E-state index contributed by atoms with van der Waals surface area (Å²) in [5.74, 6) is -4.29. The van der Waals surface area contributed by atoms with Crippen LogP contribution in [0, 0.1) is 10.1 Å². The number of pyridine rings is 1. The summed E-state index contributed by atoms with van der Waals surface area (Å²) >= 11 is 0. The summed E-state index contributed by atoms with van der Waals surface area (Å²) in [7, 11) is 0. The van der Waals surface area contributed by atoms with Gasteiger partial charge in [0.05, 0.1) is 31.4 Å². The van der Waals surface area contributed by atoms with E-state index in [1.165, 1.54) is 45.9 Å². The van der Waals surface area contributed by atoms with E-state index in [2.05, 4.69) is 4.98 Å². The van der Waals surface area contributed by atoms with Crippen LogP contribution in [-0.4, -0.2) is 60.2 Å². The van der Waals surface area contributed by atoms with Crippen LogP contribution in [0.15, 0.2) is 24.3 Å². The number of aromatic nitrogens is 1. The van der Waals surface area contributed by atoms with Crippen molar-refractivity contribution in [3.8, 4) is 11.1 Å². The molecule has 0 saturated heterocycles. The molecule has 0 aliphatic rings. The molecule has 0 saturated carbocycles. The number of hydrogen-bond acceptors (Lipinski definition) is 11. The minimum absolute atomic E-state index is 0.0381. The van der Waals surface area contributed by atoms with Crippen LogP contribution in [0.3, 0.4) is 0 Å². The number of ether oxygens (including phenoxy) is 4. The average Bonchev–Trinajstić information content (AvgIpc) is 2.83. The van der Waals surface area contributed by atoms with Crippen molar-refractivity contribution in [3.05, 3.63) is 56.9 Å². The van der Waals surface area contributed by atoms with Crippen LogP contribution >= 0.6 is 0 Å². The van der Waals surface area contributed by atoms with Crippen molar-refractivity contribution in [2.24, 2.45) is 0 Å². The standard InChI is InChI=1S/C23H24N2O10/c1-5-32-20(26)16-15(13-10-9-11-14(12-13)25(30)31)17(21(27)33-6-2)19(23(29)35-8-4)24-18(16)22(28)34-7-3/h9-12H,5-8H2,1-4H3. The van der Waals surface area contributed by atoms with Crippen molar-refractivity contribution >= 4 is 29.6 Å². The van der Waals surface area contributed by atoms with Gasteiger partial charge in [0.25, 0.3) is 5.69 Å². The van der Waals surface area contributed by atoms with Crippen molar-refractivity contribution in [1.82, 2.24) is 4.98 Å². The molecule has 186 valence electrons. The van der Waals surface area contributed by atoms with E-state index < -0.39 is 51.3 Å². The first-order valence-electron chi connectivity index (χ1n) is 10.7. The molecule has 0 radical (unpaired) electrons. The van der Waals surface area contributed by atoms with Crippen molar-refractivity contribution in [3.63, 3.8) is 0 Å². The number of nitrogens with zero attached hydrogens (tertiary/aromatic N) is 2. The summed E-state index contributed by atoms with van der Waals surface area (Å²) in [6.07, 6.45) is 0. The third kappa shape index (κ3) is 5.96. The van der Waals surface area contributed by atoms with E-state index in [1.807, 2.05) is 0 Å². The van der Waals surface area contributed by atoms with Crippen molar-refractivity contribution in [1.29, 1.82) is 0 Å². The molecule has 0 bridgehead atoms. The monoisotopic (exact) mass is 488 g/mol. The Balaban J connectivity index is 3.15. The molecular formula is C23H24N2O10. The molecule has 0 N–H and O–H groups in total. The van der Waals surface area contributed by atoms with Gasteiger partial charge in [-0.25, -0.2) is 24.2 Å². The fraction of sp³-hybridized carbons (Fsp3) is 0.348. The predicted octanol–water partition coefficient (Wildman–Crippen LogP) is 3.36. The van der Waals surface area contributed by atoms with Gasteiger partial charge < -0.3 is 18.9 Å². The van der Waals surface area contributed by atoms with E-state index in [4.69, 9.17) is 18.9 Å². The lowest BCUT2D eigenvalue weighted by Crippen LogP contribution is -2.25. The van der Waals surface area contributed by atoms with E-state index in [1.54, 1.807) is 0 Å². The maximum absolute atomic E-state index is 13.1. The van der Waals surface area contributed by atoms with Gasteiger partial charge in [0.1, 0.15) is 11.1 Å². The Morgan fingerprint density at radius 2 is 1.20 bits per heavy atom. The number of carbonyl (C=O) groups excluding carboxylic acids is 4. The molecule has 1 heterocycles. The van der Waals surface area contributed by atoms with Gasteiger partial charge in [-0.3, -0.25) is 10.1 Å². The number of hydrogen-bond donors (Lipinski definition) is 0. The largest absolute Gasteiger partial charge is 0.462 e. The van der Waals surface area contributed by atoms with Crippen LogP contribution < -0.4 is 0 Å². The molecule has 0 aliphatic heterocycles. The quantitative estimate of drug-likeness (QED) is 0.209. The molecule has 0 fully saturated rings. The zero-order valence-corrected chi connectivity index (χ0v) is 19.6. The summed E-state index contributed by atoms with van der Waals surface area (Å²) < 4.78 is 20.2. The lowest BCUT2D eigenvalue weighted by molar-refractivity contribution is -0.384. The van der Waals surface area contributed by atoms with Gasteiger partial charge in [-0.05, 0) is 33.3 Å². The fourth-order valence-electron chi connectivity index (χ4n) is 3.15. The van der Waals surface area contributed by atoms with Crippen LogP contribution in [-0.2, 0) is 18.9 Å². The van der Waals surface area contributed by atoms with Crippen LogP contribution in [0.25, 0.3) is 11.1 Å². The highest BCUT2D eigenvalue weighted by molar-refractivity contribution is 6.15. The SMILES string of the molecule is CCOC(=O)c1nc(C(=O)OCC)c(C(=O)OCC)c(-c2cccc([N+](=O)[O-])c2)c1C(=O)OCC. The highest BCUT2D eigenvalue weighted by Gasteiger charge is 2.36. The molecule has 2 aromatic rings. The zero-order chi connectivity index (χ0) is 26.1. The number of rotatable bonds is 10. The van der Waals surface area contributed by atoms with Gasteiger partial charge in [-0.2, -0.15) is 0 Å². The van der Waals surface area contributed by atoms with Crippen LogP contribution in [0.5, 0.6) is 0 Å². The van der Waals surface area contributed by atoms with Crippen LogP contribution in [0.2, 0.25) is 0 Å². The van der Waals surface area contributed by atoms with Gasteiger partial charge in [-0.1, -0.05) is 12.1 Å². The van der Waals surface area contributed by atoms with E-state index in [9.17, 15) is 29.3 Å². The normalized spacial score (nSPS) is 10.3. The summed E-state index contributed by atoms with van der Waals surface area (Å²) in [6.45, 7) is 5.66. The second kappa shape index (κ2) is 12.2. The minimum Gasteiger partial charge on any atom is -0.462 e. The summed E-state index contributed by atoms with van der Waals surface area (Å²) in [5, 5.41) is 11.4. The molecule has 12 heteroatoms. The van der Waals surface area contributed by atoms with Crippen LogP contribution in [0.4, 0.5) is 5.69 Å². The Morgan fingerprint density at radius 3 is 1.60 bits per heavy atom. The number of nitro groups is 1. The Kier molecular flexibility index (Phi) is 9.38. The van der Waals surface area contributed by atoms with Gasteiger partial charge >= 0.3 is 23.9 Å². The van der Waals surface area contributed by atoms with Gasteiger partial charge in [0, 0.05) is 17.7 Å². The number of nitro benzene ring substituents is 1. The Bertz CT molecular complexity index is 1100. The molecule has 12 nitrogen and oxygen atoms in total. The molecule has 1 aromatic heterocycles. The molecule has 0 amide bonds. The van der Waals surface area contributed by atoms with Crippen molar-refractivity contribution in [2.45, 2.75) is 27.7 Å². The van der Waals surface area contributed by atoms with E-state index >= 15 is 0 Å². The first-order valence-corrected chi connectivity index (χ1v) is 10.7. The molecule has 0 aliphatic carbocycles. The topological polar surface area (TPSA) is 161 Å². The molecule has 0 atom stereocenters. The molecule has 2 rings (SSSR count). The Labute approximate surface area is 200 Å². The van der Waals surface area contributed by atoms with Crippen molar-refractivity contribution in [2.75, 3.05) is 26.4 Å². The third-order valence-electron chi connectivity index (χ3n) is 4.44. The second-order valence-corrected chi connectivity index (χ2v) is 6.62. The Morgan fingerprint density at radius 1 is 0.771 bits per heavy atom. The maximum Gasteiger partial charge on any atom is 0.357 e. The molecular weight excluding hydrogens is 464 g/mol. The van der Waals surface area contributed by atoms with E-state index in [0.29, 0.717) is 0 Å². The highest BCUT2D eigenvalue weighted by atomic mass is 16.6. The molecule has 1 aromatic carbocycles. The third-order valence-corrected chi connectivity index (χ3v) is 4.44. The van der Waals surface area contributed by atoms with Gasteiger partial charge in [-0.15, -0.1) is 0 Å². The van der Waals surface area contributed by atoms with Gasteiger partial charge in [0.15, 0.2) is 11.4 Å². The fourth-order valence-corrected chi connectivity index (χ4v) is 3.15. The minimum atomic E-state index is -1.08. The molecule has 0 unspecified atom stereocenters. The number of carbonyl (C=O) groups is 4. The Hall–Kier alpha value is -4.35. The predicted molar refractivity (Wildman–Crippen MR) is 120 cm³/mol. The smallest absolute Gasteiger partial charge is 0.357 e. The first-order chi connectivity index (χ1) is 16.7. The summed E-state index contributed by atoms with van der Waals surface area (Å²) in [4.78, 5) is 66.4. The van der Waals surface area contributed by atoms with E-state index in [-0.39, 0.29) is 43.2 Å². The van der Waals surface area contributed by atoms with Crippen molar-refractivity contribution < 1.29 is 43.0 Å². The average molecular weight is 488 g/mol. The van der Waals surface area contributed by atoms with Crippen LogP contribution in [0.1, 0.15) is 69.4 Å². The lowest BCUT2D eigenvalue weighted by atomic mass is 9.91. The zero-order valence-electron chi connectivity index (χ0n) is 19.6. The highest BCUT2D eigenvalue weighted by Crippen LogP contribution is 2.35. The first kappa shape index (κ1) is 26.9. The molecule has 35 heavy (non-hydrogen) atoms. The summed E-state index contributed by atoms with van der Waals surface area (Å²) in [5.41, 5.74) is -3.00. The summed E-state index contributed by atoms with van der Waals surface area (Å²) in [6, 6.07) is 4.94. The number of esters is 4. The van der Waals surface area contributed by atoms with E-state index in [0.717, 1.165) is 6.07 Å². The molecule has 0 spiro atoms. The second-order valence-electron chi connectivity index (χ2n) is 6.62. The number of benzene rings is 1.